The number of carbonyl (C=O) groups is 1. The molecule has 4 nitrogen and oxygen atoms in total. The van der Waals surface area contributed by atoms with Gasteiger partial charge in [-0.2, -0.15) is 0 Å². The monoisotopic (exact) mass is 237 g/mol. The average Bonchev–Trinajstić information content (AvgIpc) is 2.00. The Morgan fingerprint density at radius 3 is 2.33 bits per heavy atom. The van der Waals surface area contributed by atoms with Crippen LogP contribution in [-0.4, -0.2) is 55.5 Å². The highest BCUT2D eigenvalue weighted by atomic mass is 35.5. The van der Waals surface area contributed by atoms with Crippen LogP contribution in [0.15, 0.2) is 12.7 Å². The lowest BCUT2D eigenvalue weighted by Crippen LogP contribution is -3.00. The van der Waals surface area contributed by atoms with Crippen molar-refractivity contribution in [1.29, 1.82) is 0 Å². The topological polar surface area (TPSA) is 46.5 Å². The Kier molecular flexibility index (Phi) is 7.66. The standard InChI is InChI=1S/C10H20NO3.ClH/c1-6-10(13)14-8(2)9(12)7-11(3,4)5;/h6,8-9,12H,1,7H2,2-5H3;1H/q+1;/p-1. The average molecular weight is 238 g/mol. The summed E-state index contributed by atoms with van der Waals surface area (Å²) in [5.74, 6) is -0.502. The fourth-order valence-corrected chi connectivity index (χ4v) is 1.02. The smallest absolute Gasteiger partial charge is 0.330 e. The number of hydrogen-bond acceptors (Lipinski definition) is 3. The van der Waals surface area contributed by atoms with Crippen molar-refractivity contribution in [2.45, 2.75) is 19.1 Å². The summed E-state index contributed by atoms with van der Waals surface area (Å²) in [4.78, 5) is 10.8. The van der Waals surface area contributed by atoms with Gasteiger partial charge in [0.1, 0.15) is 18.8 Å². The minimum atomic E-state index is -0.654. The van der Waals surface area contributed by atoms with Gasteiger partial charge in [-0.3, -0.25) is 0 Å². The SMILES string of the molecule is C=CC(=O)OC(C)C(O)C[N+](C)(C)C.[Cl-]. The molecular formula is C10H20ClNO3. The van der Waals surface area contributed by atoms with Gasteiger partial charge in [-0.15, -0.1) is 0 Å². The van der Waals surface area contributed by atoms with E-state index in [1.807, 2.05) is 21.1 Å². The van der Waals surface area contributed by atoms with Crippen molar-refractivity contribution >= 4 is 5.97 Å². The first kappa shape index (κ1) is 16.8. The molecule has 0 saturated heterocycles. The van der Waals surface area contributed by atoms with Crippen LogP contribution >= 0.6 is 0 Å². The minimum Gasteiger partial charge on any atom is -1.00 e. The van der Waals surface area contributed by atoms with Gasteiger partial charge in [0.05, 0.1) is 21.1 Å². The lowest BCUT2D eigenvalue weighted by atomic mass is 10.2. The van der Waals surface area contributed by atoms with E-state index in [1.54, 1.807) is 6.92 Å². The third-order valence-corrected chi connectivity index (χ3v) is 1.75. The van der Waals surface area contributed by atoms with Crippen LogP contribution < -0.4 is 12.4 Å². The van der Waals surface area contributed by atoms with Crippen molar-refractivity contribution in [2.24, 2.45) is 0 Å². The van der Waals surface area contributed by atoms with E-state index < -0.39 is 18.2 Å². The summed E-state index contributed by atoms with van der Waals surface area (Å²) in [5, 5.41) is 9.67. The van der Waals surface area contributed by atoms with Crippen LogP contribution in [0, 0.1) is 0 Å². The number of nitrogens with zero attached hydrogens (tertiary/aromatic N) is 1. The highest BCUT2D eigenvalue weighted by Gasteiger charge is 2.23. The first-order valence-electron chi connectivity index (χ1n) is 4.58. The highest BCUT2D eigenvalue weighted by molar-refractivity contribution is 5.81. The Balaban J connectivity index is 0. The molecule has 0 saturated carbocycles. The summed E-state index contributed by atoms with van der Waals surface area (Å²) in [7, 11) is 5.89. The molecule has 0 heterocycles. The van der Waals surface area contributed by atoms with Gasteiger partial charge in [0.25, 0.3) is 0 Å². The summed E-state index contributed by atoms with van der Waals surface area (Å²) in [6.45, 7) is 5.49. The maximum absolute atomic E-state index is 10.8. The minimum absolute atomic E-state index is 0. The molecule has 0 aromatic rings. The predicted octanol–water partition coefficient (Wildman–Crippen LogP) is -2.82. The number of halogens is 1. The Labute approximate surface area is 97.5 Å². The number of rotatable bonds is 5. The van der Waals surface area contributed by atoms with Crippen LogP contribution in [0.1, 0.15) is 6.92 Å². The number of ether oxygens (including phenoxy) is 1. The highest BCUT2D eigenvalue weighted by Crippen LogP contribution is 2.04. The molecule has 1 N–H and O–H groups in total. The molecule has 0 aliphatic carbocycles. The molecule has 15 heavy (non-hydrogen) atoms. The molecule has 5 heteroatoms. The summed E-state index contributed by atoms with van der Waals surface area (Å²) >= 11 is 0. The first-order chi connectivity index (χ1) is 6.26. The molecule has 0 aliphatic heterocycles. The summed E-state index contributed by atoms with van der Waals surface area (Å²) < 4.78 is 5.51. The fourth-order valence-electron chi connectivity index (χ4n) is 1.02. The van der Waals surface area contributed by atoms with Crippen molar-refractivity contribution < 1.29 is 31.5 Å². The van der Waals surface area contributed by atoms with Crippen LogP contribution in [0.4, 0.5) is 0 Å². The molecule has 0 radical (unpaired) electrons. The lowest BCUT2D eigenvalue weighted by molar-refractivity contribution is -0.874. The van der Waals surface area contributed by atoms with Crippen molar-refractivity contribution in [1.82, 2.24) is 0 Å². The van der Waals surface area contributed by atoms with Crippen LogP contribution in [0.25, 0.3) is 0 Å². The Hall–Kier alpha value is -0.580. The first-order valence-corrected chi connectivity index (χ1v) is 4.58. The lowest BCUT2D eigenvalue weighted by Gasteiger charge is -2.29. The van der Waals surface area contributed by atoms with E-state index in [0.717, 1.165) is 6.08 Å². The van der Waals surface area contributed by atoms with Gasteiger partial charge in [0.15, 0.2) is 0 Å². The number of likely N-dealkylation sites (N-methyl/N-ethyl adjacent to an activating group) is 1. The number of aliphatic hydroxyl groups excluding tert-OH is 1. The van der Waals surface area contributed by atoms with Crippen molar-refractivity contribution in [2.75, 3.05) is 27.7 Å². The van der Waals surface area contributed by atoms with Crippen LogP contribution in [0.3, 0.4) is 0 Å². The van der Waals surface area contributed by atoms with E-state index in [-0.39, 0.29) is 12.4 Å². The number of hydrogen-bond donors (Lipinski definition) is 1. The molecule has 0 spiro atoms. The summed E-state index contributed by atoms with van der Waals surface area (Å²) in [6.07, 6.45) is -0.0634. The van der Waals surface area contributed by atoms with Crippen molar-refractivity contribution in [3.63, 3.8) is 0 Å². The summed E-state index contributed by atoms with van der Waals surface area (Å²) in [6, 6.07) is 0. The van der Waals surface area contributed by atoms with E-state index in [0.29, 0.717) is 11.0 Å². The van der Waals surface area contributed by atoms with Gasteiger partial charge < -0.3 is 26.7 Å². The molecule has 0 aromatic carbocycles. The van der Waals surface area contributed by atoms with Gasteiger partial charge in [-0.25, -0.2) is 4.79 Å². The van der Waals surface area contributed by atoms with Crippen LogP contribution in [-0.2, 0) is 9.53 Å². The van der Waals surface area contributed by atoms with E-state index in [4.69, 9.17) is 4.74 Å². The molecular weight excluding hydrogens is 218 g/mol. The van der Waals surface area contributed by atoms with E-state index in [9.17, 15) is 9.90 Å². The molecule has 0 amide bonds. The van der Waals surface area contributed by atoms with E-state index >= 15 is 0 Å². The zero-order valence-electron chi connectivity index (χ0n) is 9.74. The number of aliphatic hydroxyl groups is 1. The number of carbonyl (C=O) groups excluding carboxylic acids is 1. The number of quaternary nitrogens is 1. The molecule has 0 rings (SSSR count). The van der Waals surface area contributed by atoms with Crippen LogP contribution in [0.2, 0.25) is 0 Å². The second kappa shape index (κ2) is 6.82. The quantitative estimate of drug-likeness (QED) is 0.319. The molecule has 0 fully saturated rings. The fraction of sp³-hybridized carbons (Fsp3) is 0.700. The van der Waals surface area contributed by atoms with Crippen molar-refractivity contribution in [3.05, 3.63) is 12.7 Å². The second-order valence-electron chi connectivity index (χ2n) is 4.39. The van der Waals surface area contributed by atoms with Gasteiger partial charge >= 0.3 is 5.97 Å². The normalized spacial score (nSPS) is 14.7. The summed E-state index contributed by atoms with van der Waals surface area (Å²) in [5.41, 5.74) is 0. The molecule has 90 valence electrons. The molecule has 2 unspecified atom stereocenters. The molecule has 0 aromatic heterocycles. The van der Waals surface area contributed by atoms with E-state index in [1.165, 1.54) is 0 Å². The third kappa shape index (κ3) is 8.42. The Morgan fingerprint density at radius 2 is 2.00 bits per heavy atom. The number of esters is 1. The third-order valence-electron chi connectivity index (χ3n) is 1.75. The zero-order valence-corrected chi connectivity index (χ0v) is 10.5. The zero-order chi connectivity index (χ0) is 11.4. The van der Waals surface area contributed by atoms with Crippen molar-refractivity contribution in [3.8, 4) is 0 Å². The predicted molar refractivity (Wildman–Crippen MR) is 54.7 cm³/mol. The van der Waals surface area contributed by atoms with E-state index in [2.05, 4.69) is 6.58 Å². The van der Waals surface area contributed by atoms with Crippen LogP contribution in [0.5, 0.6) is 0 Å². The Bertz CT molecular complexity index is 213. The van der Waals surface area contributed by atoms with Gasteiger partial charge in [-0.05, 0) is 6.92 Å². The molecule has 0 aliphatic rings. The Morgan fingerprint density at radius 1 is 1.53 bits per heavy atom. The maximum Gasteiger partial charge on any atom is 0.330 e. The largest absolute Gasteiger partial charge is 1.00 e. The van der Waals surface area contributed by atoms with Gasteiger partial charge in [0.2, 0.25) is 0 Å². The molecule has 2 atom stereocenters. The molecule has 0 bridgehead atoms. The van der Waals surface area contributed by atoms with Gasteiger partial charge in [-0.1, -0.05) is 6.58 Å². The second-order valence-corrected chi connectivity index (χ2v) is 4.39. The van der Waals surface area contributed by atoms with Gasteiger partial charge in [0, 0.05) is 6.08 Å². The maximum atomic E-state index is 10.8.